The summed E-state index contributed by atoms with van der Waals surface area (Å²) in [6, 6.07) is 5.78. The molecular formula is C21H29ClN4O. The molecule has 0 saturated heterocycles. The largest absolute Gasteiger partial charge is 0.368 e. The van der Waals surface area contributed by atoms with Gasteiger partial charge < -0.3 is 10.6 Å². The first kappa shape index (κ1) is 19.7. The average Bonchev–Trinajstić information content (AvgIpc) is 3.02. The maximum absolute atomic E-state index is 12.5. The van der Waals surface area contributed by atoms with E-state index in [-0.39, 0.29) is 11.9 Å². The summed E-state index contributed by atoms with van der Waals surface area (Å²) in [7, 11) is 0. The third-order valence-corrected chi connectivity index (χ3v) is 5.90. The van der Waals surface area contributed by atoms with Crippen molar-refractivity contribution in [2.75, 3.05) is 11.9 Å². The lowest BCUT2D eigenvalue weighted by molar-refractivity contribution is 0.0923. The van der Waals surface area contributed by atoms with Crippen LogP contribution in [0.1, 0.15) is 59.8 Å². The maximum atomic E-state index is 12.5. The van der Waals surface area contributed by atoms with Crippen molar-refractivity contribution in [3.8, 4) is 0 Å². The second kappa shape index (κ2) is 8.79. The van der Waals surface area contributed by atoms with Gasteiger partial charge in [-0.1, -0.05) is 30.2 Å². The fourth-order valence-corrected chi connectivity index (χ4v) is 3.98. The topological polar surface area (TPSA) is 69.8 Å². The molecule has 146 valence electrons. The van der Waals surface area contributed by atoms with Crippen LogP contribution >= 0.6 is 11.6 Å². The SMILES string of the molecule is CCc1[nH]nc(NCC2CCC(NC(=O)c3cc(C)ccc3Cl)CC2)c1C. The number of anilines is 1. The van der Waals surface area contributed by atoms with E-state index >= 15 is 0 Å². The Labute approximate surface area is 166 Å². The first-order valence-corrected chi connectivity index (χ1v) is 10.2. The molecule has 0 atom stereocenters. The van der Waals surface area contributed by atoms with Crippen LogP contribution in [-0.2, 0) is 6.42 Å². The number of carbonyl (C=O) groups is 1. The van der Waals surface area contributed by atoms with E-state index in [1.807, 2.05) is 19.1 Å². The summed E-state index contributed by atoms with van der Waals surface area (Å²) in [6.45, 7) is 7.13. The molecule has 1 aliphatic carbocycles. The van der Waals surface area contributed by atoms with Crippen LogP contribution in [-0.4, -0.2) is 28.7 Å². The number of benzene rings is 1. The van der Waals surface area contributed by atoms with E-state index in [1.165, 1.54) is 11.3 Å². The van der Waals surface area contributed by atoms with Gasteiger partial charge >= 0.3 is 0 Å². The molecule has 3 rings (SSSR count). The van der Waals surface area contributed by atoms with E-state index in [0.717, 1.165) is 50.0 Å². The lowest BCUT2D eigenvalue weighted by atomic mass is 9.86. The molecule has 1 saturated carbocycles. The Morgan fingerprint density at radius 1 is 1.26 bits per heavy atom. The molecule has 1 aromatic carbocycles. The molecule has 0 unspecified atom stereocenters. The molecule has 0 aliphatic heterocycles. The third-order valence-electron chi connectivity index (χ3n) is 5.57. The van der Waals surface area contributed by atoms with Gasteiger partial charge in [-0.25, -0.2) is 0 Å². The van der Waals surface area contributed by atoms with Crippen LogP contribution in [0.2, 0.25) is 5.02 Å². The Kier molecular flexibility index (Phi) is 6.42. The predicted octanol–water partition coefficient (Wildman–Crippen LogP) is 4.64. The number of halogens is 1. The van der Waals surface area contributed by atoms with Gasteiger partial charge in [0.05, 0.1) is 10.6 Å². The number of nitrogens with one attached hydrogen (secondary N) is 3. The summed E-state index contributed by atoms with van der Waals surface area (Å²) >= 11 is 6.18. The Morgan fingerprint density at radius 2 is 2.00 bits per heavy atom. The number of amides is 1. The second-order valence-corrected chi connectivity index (χ2v) is 7.99. The van der Waals surface area contributed by atoms with Crippen LogP contribution in [0.5, 0.6) is 0 Å². The van der Waals surface area contributed by atoms with E-state index in [4.69, 9.17) is 11.6 Å². The summed E-state index contributed by atoms with van der Waals surface area (Å²) in [5.41, 5.74) is 4.02. The monoisotopic (exact) mass is 388 g/mol. The van der Waals surface area contributed by atoms with E-state index in [9.17, 15) is 4.79 Å². The van der Waals surface area contributed by atoms with Crippen molar-refractivity contribution >= 4 is 23.3 Å². The molecule has 0 radical (unpaired) electrons. The van der Waals surface area contributed by atoms with Crippen molar-refractivity contribution in [2.24, 2.45) is 5.92 Å². The van der Waals surface area contributed by atoms with Gasteiger partial charge in [0.15, 0.2) is 5.82 Å². The predicted molar refractivity (Wildman–Crippen MR) is 111 cm³/mol. The number of hydrogen-bond acceptors (Lipinski definition) is 3. The van der Waals surface area contributed by atoms with Crippen molar-refractivity contribution < 1.29 is 4.79 Å². The highest BCUT2D eigenvalue weighted by Gasteiger charge is 2.24. The lowest BCUT2D eigenvalue weighted by Gasteiger charge is -2.29. The Hall–Kier alpha value is -2.01. The number of H-pyrrole nitrogens is 1. The van der Waals surface area contributed by atoms with Gasteiger partial charge in [-0.2, -0.15) is 5.10 Å². The molecule has 0 bridgehead atoms. The van der Waals surface area contributed by atoms with Gasteiger partial charge in [0, 0.05) is 23.8 Å². The molecule has 5 nitrogen and oxygen atoms in total. The van der Waals surface area contributed by atoms with Gasteiger partial charge in [-0.3, -0.25) is 9.89 Å². The van der Waals surface area contributed by atoms with Crippen molar-refractivity contribution in [1.29, 1.82) is 0 Å². The molecule has 1 amide bonds. The minimum Gasteiger partial charge on any atom is -0.368 e. The van der Waals surface area contributed by atoms with Crippen LogP contribution in [0.3, 0.4) is 0 Å². The lowest BCUT2D eigenvalue weighted by Crippen LogP contribution is -2.38. The minimum atomic E-state index is -0.0653. The fraction of sp³-hybridized carbons (Fsp3) is 0.524. The highest BCUT2D eigenvalue weighted by Crippen LogP contribution is 2.26. The first-order valence-electron chi connectivity index (χ1n) is 9.82. The smallest absolute Gasteiger partial charge is 0.253 e. The number of carbonyl (C=O) groups excluding carboxylic acids is 1. The summed E-state index contributed by atoms with van der Waals surface area (Å²) in [4.78, 5) is 12.5. The number of aromatic nitrogens is 2. The molecular weight excluding hydrogens is 360 g/mol. The summed E-state index contributed by atoms with van der Waals surface area (Å²) in [5, 5.41) is 14.6. The normalized spacial score (nSPS) is 19.7. The van der Waals surface area contributed by atoms with Gasteiger partial charge in [0.2, 0.25) is 0 Å². The number of aromatic amines is 1. The number of rotatable bonds is 6. The molecule has 2 aromatic rings. The fourth-order valence-electron chi connectivity index (χ4n) is 3.78. The second-order valence-electron chi connectivity index (χ2n) is 7.58. The van der Waals surface area contributed by atoms with Crippen LogP contribution in [0.25, 0.3) is 0 Å². The highest BCUT2D eigenvalue weighted by atomic mass is 35.5. The van der Waals surface area contributed by atoms with Crippen LogP contribution in [0, 0.1) is 19.8 Å². The number of aryl methyl sites for hydroxylation is 2. The van der Waals surface area contributed by atoms with E-state index in [2.05, 4.69) is 34.7 Å². The number of nitrogens with zero attached hydrogens (tertiary/aromatic N) is 1. The van der Waals surface area contributed by atoms with Crippen molar-refractivity contribution in [1.82, 2.24) is 15.5 Å². The van der Waals surface area contributed by atoms with Gasteiger partial charge in [-0.05, 0) is 64.0 Å². The average molecular weight is 389 g/mol. The van der Waals surface area contributed by atoms with Gasteiger partial charge in [0.25, 0.3) is 5.91 Å². The van der Waals surface area contributed by atoms with Gasteiger partial charge in [0.1, 0.15) is 0 Å². The molecule has 1 aliphatic rings. The first-order chi connectivity index (χ1) is 13.0. The zero-order valence-electron chi connectivity index (χ0n) is 16.4. The van der Waals surface area contributed by atoms with Crippen molar-refractivity contribution in [3.05, 3.63) is 45.6 Å². The van der Waals surface area contributed by atoms with Crippen LogP contribution < -0.4 is 10.6 Å². The quantitative estimate of drug-likeness (QED) is 0.674. The van der Waals surface area contributed by atoms with E-state index in [0.29, 0.717) is 16.5 Å². The molecule has 27 heavy (non-hydrogen) atoms. The molecule has 0 spiro atoms. The molecule has 1 fully saturated rings. The maximum Gasteiger partial charge on any atom is 0.253 e. The molecule has 1 aromatic heterocycles. The summed E-state index contributed by atoms with van der Waals surface area (Å²) < 4.78 is 0. The zero-order valence-corrected chi connectivity index (χ0v) is 17.1. The number of hydrogen-bond donors (Lipinski definition) is 3. The summed E-state index contributed by atoms with van der Waals surface area (Å²) in [6.07, 6.45) is 5.17. The van der Waals surface area contributed by atoms with Crippen molar-refractivity contribution in [2.45, 2.75) is 58.9 Å². The van der Waals surface area contributed by atoms with Crippen LogP contribution in [0.15, 0.2) is 18.2 Å². The van der Waals surface area contributed by atoms with E-state index < -0.39 is 0 Å². The van der Waals surface area contributed by atoms with E-state index in [1.54, 1.807) is 6.07 Å². The van der Waals surface area contributed by atoms with Gasteiger partial charge in [-0.15, -0.1) is 0 Å². The summed E-state index contributed by atoms with van der Waals surface area (Å²) in [5.74, 6) is 1.52. The molecule has 6 heteroatoms. The Morgan fingerprint density at radius 3 is 2.67 bits per heavy atom. The highest BCUT2D eigenvalue weighted by molar-refractivity contribution is 6.33. The minimum absolute atomic E-state index is 0.0653. The van der Waals surface area contributed by atoms with Crippen LogP contribution in [0.4, 0.5) is 5.82 Å². The third kappa shape index (κ3) is 4.83. The molecule has 1 heterocycles. The zero-order chi connectivity index (χ0) is 19.4. The van der Waals surface area contributed by atoms with Crippen molar-refractivity contribution in [3.63, 3.8) is 0 Å². The Balaban J connectivity index is 1.46. The Bertz CT molecular complexity index is 793. The standard InChI is InChI=1S/C21H29ClN4O/c1-4-19-14(3)20(26-25-19)23-12-15-6-8-16(9-7-15)24-21(27)17-11-13(2)5-10-18(17)22/h5,10-11,15-16H,4,6-9,12H2,1-3H3,(H,24,27)(H2,23,25,26). The molecule has 3 N–H and O–H groups in total.